The minimum atomic E-state index is 0.0131. The Kier molecular flexibility index (Phi) is 5.98. The number of aromatic nitrogens is 4. The van der Waals surface area contributed by atoms with Gasteiger partial charge in [0.1, 0.15) is 0 Å². The van der Waals surface area contributed by atoms with Crippen LogP contribution in [-0.2, 0) is 11.3 Å². The fraction of sp³-hybridized carbons (Fsp3) is 0.300. The minimum Gasteiger partial charge on any atom is -0.351 e. The summed E-state index contributed by atoms with van der Waals surface area (Å²) in [4.78, 5) is 14.8. The van der Waals surface area contributed by atoms with Crippen molar-refractivity contribution in [3.8, 4) is 5.69 Å². The van der Waals surface area contributed by atoms with E-state index in [0.717, 1.165) is 31.7 Å². The zero-order valence-corrected chi connectivity index (χ0v) is 16.3. The van der Waals surface area contributed by atoms with Gasteiger partial charge in [-0.1, -0.05) is 60.3 Å². The smallest absolute Gasteiger partial charge is 0.230 e. The van der Waals surface area contributed by atoms with E-state index < -0.39 is 0 Å². The minimum absolute atomic E-state index is 0.0131. The highest BCUT2D eigenvalue weighted by Gasteiger charge is 2.24. The number of carbonyl (C=O) groups excluding carboxylic acids is 1. The van der Waals surface area contributed by atoms with E-state index in [1.54, 1.807) is 4.68 Å². The second-order valence-electron chi connectivity index (χ2n) is 6.77. The van der Waals surface area contributed by atoms with Gasteiger partial charge in [-0.05, 0) is 34.5 Å². The number of likely N-dealkylation sites (tertiary alicyclic amines) is 1. The van der Waals surface area contributed by atoms with E-state index in [4.69, 9.17) is 0 Å². The Hall–Kier alpha value is -2.71. The highest BCUT2D eigenvalue weighted by molar-refractivity contribution is 7.99. The summed E-state index contributed by atoms with van der Waals surface area (Å²) in [5.41, 5.74) is 2.18. The van der Waals surface area contributed by atoms with Crippen molar-refractivity contribution in [1.82, 2.24) is 30.4 Å². The van der Waals surface area contributed by atoms with Crippen molar-refractivity contribution in [2.24, 2.45) is 0 Å². The second kappa shape index (κ2) is 8.99. The molecule has 144 valence electrons. The lowest BCUT2D eigenvalue weighted by Crippen LogP contribution is -2.38. The zero-order valence-electron chi connectivity index (χ0n) is 15.4. The third-order valence-corrected chi connectivity index (χ3v) is 5.58. The Labute approximate surface area is 168 Å². The largest absolute Gasteiger partial charge is 0.351 e. The summed E-state index contributed by atoms with van der Waals surface area (Å²) >= 11 is 1.34. The van der Waals surface area contributed by atoms with Crippen molar-refractivity contribution in [3.05, 3.63) is 66.2 Å². The third-order valence-electron chi connectivity index (χ3n) is 4.66. The fourth-order valence-corrected chi connectivity index (χ4v) is 4.04. The topological polar surface area (TPSA) is 75.9 Å². The lowest BCUT2D eigenvalue weighted by molar-refractivity contribution is -0.119. The summed E-state index contributed by atoms with van der Waals surface area (Å²) in [5, 5.41) is 15.5. The summed E-state index contributed by atoms with van der Waals surface area (Å²) in [5.74, 6) is 0.307. The molecule has 1 saturated heterocycles. The summed E-state index contributed by atoms with van der Waals surface area (Å²) in [7, 11) is 0. The molecule has 28 heavy (non-hydrogen) atoms. The Morgan fingerprint density at radius 1 is 1.11 bits per heavy atom. The summed E-state index contributed by atoms with van der Waals surface area (Å²) in [6.07, 6.45) is 0.977. The van der Waals surface area contributed by atoms with E-state index in [2.05, 4.69) is 50.0 Å². The van der Waals surface area contributed by atoms with Crippen molar-refractivity contribution in [1.29, 1.82) is 0 Å². The Bertz CT molecular complexity index is 901. The number of rotatable bonds is 7. The molecule has 8 heteroatoms. The van der Waals surface area contributed by atoms with E-state index >= 15 is 0 Å². The molecule has 0 aliphatic carbocycles. The first-order valence-electron chi connectivity index (χ1n) is 9.30. The standard InChI is InChI=1S/C20H22N6OS/c27-19(15-28-20-22-23-24-26(20)18-9-5-2-6-10-18)21-17-11-12-25(14-17)13-16-7-3-1-4-8-16/h1-10,17H,11-15H2,(H,21,27)/t17-/m0/s1. The molecule has 7 nitrogen and oxygen atoms in total. The van der Waals surface area contributed by atoms with Crippen LogP contribution in [0.5, 0.6) is 0 Å². The molecule has 0 saturated carbocycles. The fourth-order valence-electron chi connectivity index (χ4n) is 3.34. The number of tetrazole rings is 1. The number of hydrogen-bond donors (Lipinski definition) is 1. The van der Waals surface area contributed by atoms with E-state index in [9.17, 15) is 4.79 Å². The SMILES string of the molecule is O=C(CSc1nnnn1-c1ccccc1)N[C@H]1CCN(Cc2ccccc2)C1. The highest BCUT2D eigenvalue weighted by Crippen LogP contribution is 2.18. The molecule has 2 aromatic carbocycles. The Balaban J connectivity index is 1.25. The van der Waals surface area contributed by atoms with E-state index in [0.29, 0.717) is 10.9 Å². The van der Waals surface area contributed by atoms with E-state index in [-0.39, 0.29) is 11.9 Å². The van der Waals surface area contributed by atoms with Gasteiger partial charge in [-0.25, -0.2) is 0 Å². The van der Waals surface area contributed by atoms with Crippen LogP contribution in [0.4, 0.5) is 0 Å². The average Bonchev–Trinajstić information content (AvgIpc) is 3.37. The van der Waals surface area contributed by atoms with Gasteiger partial charge >= 0.3 is 0 Å². The van der Waals surface area contributed by atoms with Gasteiger partial charge in [0.2, 0.25) is 11.1 Å². The lowest BCUT2D eigenvalue weighted by atomic mass is 10.2. The van der Waals surface area contributed by atoms with Gasteiger partial charge in [0.25, 0.3) is 0 Å². The van der Waals surface area contributed by atoms with Crippen molar-refractivity contribution < 1.29 is 4.79 Å². The first kappa shape index (κ1) is 18.6. The van der Waals surface area contributed by atoms with Crippen LogP contribution in [0, 0.1) is 0 Å². The average molecular weight is 395 g/mol. The molecule has 0 radical (unpaired) electrons. The van der Waals surface area contributed by atoms with Crippen molar-refractivity contribution in [3.63, 3.8) is 0 Å². The maximum Gasteiger partial charge on any atom is 0.230 e. The molecule has 3 aromatic rings. The first-order chi connectivity index (χ1) is 13.8. The number of carbonyl (C=O) groups is 1. The van der Waals surface area contributed by atoms with Crippen LogP contribution in [0.25, 0.3) is 5.69 Å². The number of hydrogen-bond acceptors (Lipinski definition) is 6. The van der Waals surface area contributed by atoms with Crippen LogP contribution in [0.15, 0.2) is 65.8 Å². The molecule has 1 aliphatic rings. The molecule has 0 spiro atoms. The van der Waals surface area contributed by atoms with Gasteiger partial charge in [-0.15, -0.1) is 5.10 Å². The lowest BCUT2D eigenvalue weighted by Gasteiger charge is -2.16. The van der Waals surface area contributed by atoms with Gasteiger partial charge in [0.05, 0.1) is 11.4 Å². The van der Waals surface area contributed by atoms with Crippen molar-refractivity contribution in [2.45, 2.75) is 24.2 Å². The molecular formula is C20H22N6OS. The van der Waals surface area contributed by atoms with E-state index in [1.807, 2.05) is 36.4 Å². The molecule has 0 bridgehead atoms. The number of thioether (sulfide) groups is 1. The van der Waals surface area contributed by atoms with Crippen LogP contribution in [-0.4, -0.2) is 55.9 Å². The second-order valence-corrected chi connectivity index (χ2v) is 7.71. The summed E-state index contributed by atoms with van der Waals surface area (Å²) in [6, 6.07) is 20.3. The van der Waals surface area contributed by atoms with Crippen LogP contribution >= 0.6 is 11.8 Å². The van der Waals surface area contributed by atoms with Crippen LogP contribution in [0.2, 0.25) is 0 Å². The number of nitrogens with one attached hydrogen (secondary N) is 1. The predicted octanol–water partition coefficient (Wildman–Crippen LogP) is 2.15. The number of para-hydroxylation sites is 1. The number of nitrogens with zero attached hydrogens (tertiary/aromatic N) is 5. The number of amides is 1. The van der Waals surface area contributed by atoms with Crippen LogP contribution < -0.4 is 5.32 Å². The summed E-state index contributed by atoms with van der Waals surface area (Å²) in [6.45, 7) is 2.81. The summed E-state index contributed by atoms with van der Waals surface area (Å²) < 4.78 is 1.65. The highest BCUT2D eigenvalue weighted by atomic mass is 32.2. The molecule has 1 fully saturated rings. The number of benzene rings is 2. The van der Waals surface area contributed by atoms with E-state index in [1.165, 1.54) is 17.3 Å². The molecule has 1 N–H and O–H groups in total. The Morgan fingerprint density at radius 3 is 2.64 bits per heavy atom. The van der Waals surface area contributed by atoms with Crippen LogP contribution in [0.3, 0.4) is 0 Å². The molecule has 2 heterocycles. The molecule has 1 aromatic heterocycles. The third kappa shape index (κ3) is 4.76. The predicted molar refractivity (Wildman–Crippen MR) is 108 cm³/mol. The molecule has 1 atom stereocenters. The molecule has 1 aliphatic heterocycles. The van der Waals surface area contributed by atoms with Crippen LogP contribution in [0.1, 0.15) is 12.0 Å². The monoisotopic (exact) mass is 394 g/mol. The van der Waals surface area contributed by atoms with Crippen molar-refractivity contribution in [2.75, 3.05) is 18.8 Å². The maximum absolute atomic E-state index is 12.4. The van der Waals surface area contributed by atoms with Gasteiger partial charge in [0.15, 0.2) is 0 Å². The first-order valence-corrected chi connectivity index (χ1v) is 10.3. The molecule has 0 unspecified atom stereocenters. The quantitative estimate of drug-likeness (QED) is 0.619. The van der Waals surface area contributed by atoms with Gasteiger partial charge < -0.3 is 5.32 Å². The normalized spacial score (nSPS) is 16.9. The maximum atomic E-state index is 12.4. The van der Waals surface area contributed by atoms with Gasteiger partial charge in [-0.2, -0.15) is 4.68 Å². The molecular weight excluding hydrogens is 372 g/mol. The van der Waals surface area contributed by atoms with Gasteiger partial charge in [0, 0.05) is 25.7 Å². The zero-order chi connectivity index (χ0) is 19.2. The van der Waals surface area contributed by atoms with Crippen molar-refractivity contribution >= 4 is 17.7 Å². The van der Waals surface area contributed by atoms with Gasteiger partial charge in [-0.3, -0.25) is 9.69 Å². The molecule has 1 amide bonds. The Morgan fingerprint density at radius 2 is 1.86 bits per heavy atom. The molecule has 4 rings (SSSR count).